The normalized spacial score (nSPS) is 17.5. The van der Waals surface area contributed by atoms with Crippen LogP contribution in [0.4, 0.5) is 23.2 Å². The Labute approximate surface area is 185 Å². The summed E-state index contributed by atoms with van der Waals surface area (Å²) in [6.07, 6.45) is -3.86. The van der Waals surface area contributed by atoms with Crippen LogP contribution in [0.2, 0.25) is 10.0 Å². The first-order valence-electron chi connectivity index (χ1n) is 9.17. The molecule has 0 aromatic heterocycles. The molecular formula is C20H17Cl2F4NO4. The number of nitrogens with zero attached hydrogens (tertiary/aromatic N) is 1. The van der Waals surface area contributed by atoms with Crippen LogP contribution in [-0.2, 0) is 0 Å². The zero-order chi connectivity index (χ0) is 22.9. The molecule has 3 rings (SSSR count). The van der Waals surface area contributed by atoms with Crippen molar-refractivity contribution in [3.05, 3.63) is 51.8 Å². The van der Waals surface area contributed by atoms with Gasteiger partial charge in [0.1, 0.15) is 23.4 Å². The van der Waals surface area contributed by atoms with Gasteiger partial charge >= 0.3 is 12.3 Å². The number of ether oxygens (including phenoxy) is 2. The van der Waals surface area contributed by atoms with Crippen molar-refractivity contribution in [2.45, 2.75) is 38.3 Å². The number of benzene rings is 2. The van der Waals surface area contributed by atoms with Crippen LogP contribution in [-0.4, -0.2) is 36.1 Å². The van der Waals surface area contributed by atoms with Gasteiger partial charge in [-0.3, -0.25) is 0 Å². The third kappa shape index (κ3) is 5.46. The highest BCUT2D eigenvalue weighted by molar-refractivity contribution is 6.32. The second-order valence-corrected chi connectivity index (χ2v) is 7.77. The zero-order valence-electron chi connectivity index (χ0n) is 16.0. The van der Waals surface area contributed by atoms with E-state index in [2.05, 4.69) is 4.74 Å². The number of aromatic carboxylic acids is 1. The molecule has 0 amide bonds. The number of hydrogen-bond acceptors (Lipinski definition) is 4. The largest absolute Gasteiger partial charge is 0.573 e. The van der Waals surface area contributed by atoms with Gasteiger partial charge in [-0.1, -0.05) is 23.2 Å². The maximum atomic E-state index is 14.0. The molecule has 1 N–H and O–H groups in total. The number of rotatable bonds is 6. The Bertz CT molecular complexity index is 986. The molecule has 5 nitrogen and oxygen atoms in total. The van der Waals surface area contributed by atoms with Crippen molar-refractivity contribution in [2.75, 3.05) is 11.4 Å². The second kappa shape index (κ2) is 9.00. The molecule has 1 aliphatic heterocycles. The molecule has 0 spiro atoms. The summed E-state index contributed by atoms with van der Waals surface area (Å²) in [4.78, 5) is 12.9. The summed E-state index contributed by atoms with van der Waals surface area (Å²) in [6.45, 7) is 2.35. The molecule has 1 saturated heterocycles. The maximum Gasteiger partial charge on any atom is 0.573 e. The van der Waals surface area contributed by atoms with Crippen LogP contribution in [0.1, 0.15) is 30.1 Å². The Morgan fingerprint density at radius 2 is 1.87 bits per heavy atom. The van der Waals surface area contributed by atoms with E-state index in [1.165, 1.54) is 12.1 Å². The summed E-state index contributed by atoms with van der Waals surface area (Å²) in [5.41, 5.74) is 0.0132. The van der Waals surface area contributed by atoms with Gasteiger partial charge in [0.25, 0.3) is 0 Å². The third-order valence-electron chi connectivity index (χ3n) is 4.88. The number of carbonyl (C=O) groups is 1. The van der Waals surface area contributed by atoms with Crippen molar-refractivity contribution in [1.29, 1.82) is 0 Å². The molecule has 2 atom stereocenters. The van der Waals surface area contributed by atoms with Crippen molar-refractivity contribution in [2.24, 2.45) is 0 Å². The lowest BCUT2D eigenvalue weighted by atomic mass is 10.1. The number of carboxylic acids is 1. The average Bonchev–Trinajstić information content (AvgIpc) is 3.14. The molecule has 0 bridgehead atoms. The van der Waals surface area contributed by atoms with Gasteiger partial charge in [0.05, 0.1) is 21.7 Å². The zero-order valence-corrected chi connectivity index (χ0v) is 17.6. The molecule has 1 aliphatic rings. The lowest BCUT2D eigenvalue weighted by molar-refractivity contribution is -0.274. The van der Waals surface area contributed by atoms with Crippen molar-refractivity contribution in [3.8, 4) is 11.5 Å². The summed E-state index contributed by atoms with van der Waals surface area (Å²) >= 11 is 12.0. The standard InChI is InChI=1S/C20H17Cl2F4NO4/c1-10(30-18-9-15(23)12(19(28)29)8-14(18)22)16-3-2-6-27(16)11-4-5-17(13(21)7-11)31-20(24,25)26/h4-5,7-10,16H,2-3,6H2,1H3,(H,28,29). The maximum absolute atomic E-state index is 14.0. The van der Waals surface area contributed by atoms with Gasteiger partial charge in [-0.15, -0.1) is 13.2 Å². The molecular weight excluding hydrogens is 465 g/mol. The molecule has 1 fully saturated rings. The predicted molar refractivity (Wildman–Crippen MR) is 107 cm³/mol. The monoisotopic (exact) mass is 481 g/mol. The van der Waals surface area contributed by atoms with E-state index in [1.807, 2.05) is 4.90 Å². The SMILES string of the molecule is CC(Oc1cc(F)c(C(=O)O)cc1Cl)C1CCCN1c1ccc(OC(F)(F)F)c(Cl)c1. The molecule has 2 aromatic rings. The summed E-state index contributed by atoms with van der Waals surface area (Å²) < 4.78 is 61.1. The van der Waals surface area contributed by atoms with E-state index >= 15 is 0 Å². The first-order valence-corrected chi connectivity index (χ1v) is 9.93. The molecule has 2 unspecified atom stereocenters. The van der Waals surface area contributed by atoms with E-state index in [0.717, 1.165) is 24.6 Å². The van der Waals surface area contributed by atoms with Gasteiger partial charge in [0.2, 0.25) is 0 Å². The number of carboxylic acid groups (broad SMARTS) is 1. The van der Waals surface area contributed by atoms with Gasteiger partial charge in [0.15, 0.2) is 0 Å². The van der Waals surface area contributed by atoms with E-state index in [9.17, 15) is 22.4 Å². The molecule has 168 valence electrons. The van der Waals surface area contributed by atoms with Crippen molar-refractivity contribution >= 4 is 34.9 Å². The molecule has 0 saturated carbocycles. The number of anilines is 1. The first-order chi connectivity index (χ1) is 14.5. The van der Waals surface area contributed by atoms with E-state index in [-0.39, 0.29) is 21.8 Å². The van der Waals surface area contributed by atoms with Crippen LogP contribution < -0.4 is 14.4 Å². The van der Waals surface area contributed by atoms with Gasteiger partial charge in [0, 0.05) is 18.3 Å². The summed E-state index contributed by atoms with van der Waals surface area (Å²) in [7, 11) is 0. The first kappa shape index (κ1) is 23.3. The molecule has 2 aromatic carbocycles. The molecule has 0 radical (unpaired) electrons. The van der Waals surface area contributed by atoms with Gasteiger partial charge in [-0.05, 0) is 44.0 Å². The minimum Gasteiger partial charge on any atom is -0.487 e. The van der Waals surface area contributed by atoms with E-state index in [0.29, 0.717) is 18.7 Å². The summed E-state index contributed by atoms with van der Waals surface area (Å²) in [6, 6.07) is 5.68. The summed E-state index contributed by atoms with van der Waals surface area (Å²) in [5, 5.41) is 8.73. The van der Waals surface area contributed by atoms with Crippen molar-refractivity contribution < 1.29 is 36.9 Å². The van der Waals surface area contributed by atoms with Crippen LogP contribution in [0, 0.1) is 5.82 Å². The lowest BCUT2D eigenvalue weighted by Gasteiger charge is -2.32. The third-order valence-corrected chi connectivity index (χ3v) is 5.47. The average molecular weight is 482 g/mol. The van der Waals surface area contributed by atoms with E-state index in [4.69, 9.17) is 33.0 Å². The van der Waals surface area contributed by atoms with Crippen LogP contribution in [0.15, 0.2) is 30.3 Å². The Kier molecular flexibility index (Phi) is 6.76. The van der Waals surface area contributed by atoms with E-state index in [1.54, 1.807) is 6.92 Å². The Morgan fingerprint density at radius 3 is 2.48 bits per heavy atom. The minimum atomic E-state index is -4.85. The van der Waals surface area contributed by atoms with Crippen molar-refractivity contribution in [1.82, 2.24) is 0 Å². The quantitative estimate of drug-likeness (QED) is 0.500. The smallest absolute Gasteiger partial charge is 0.487 e. The molecule has 31 heavy (non-hydrogen) atoms. The molecule has 1 heterocycles. The number of hydrogen-bond donors (Lipinski definition) is 1. The Balaban J connectivity index is 1.78. The topological polar surface area (TPSA) is 59.0 Å². The predicted octanol–water partition coefficient (Wildman–Crippen LogP) is 6.17. The fraction of sp³-hybridized carbons (Fsp3) is 0.350. The van der Waals surface area contributed by atoms with Crippen LogP contribution in [0.5, 0.6) is 11.5 Å². The van der Waals surface area contributed by atoms with E-state index < -0.39 is 35.6 Å². The number of alkyl halides is 3. The Hall–Kier alpha value is -2.39. The highest BCUT2D eigenvalue weighted by Crippen LogP contribution is 2.37. The molecule has 11 heteroatoms. The fourth-order valence-corrected chi connectivity index (χ4v) is 3.96. The highest BCUT2D eigenvalue weighted by Gasteiger charge is 2.34. The highest BCUT2D eigenvalue weighted by atomic mass is 35.5. The van der Waals surface area contributed by atoms with Crippen LogP contribution in [0.3, 0.4) is 0 Å². The molecule has 0 aliphatic carbocycles. The van der Waals surface area contributed by atoms with Crippen LogP contribution in [0.25, 0.3) is 0 Å². The minimum absolute atomic E-state index is 0.00419. The van der Waals surface area contributed by atoms with Crippen LogP contribution >= 0.6 is 23.2 Å². The fourth-order valence-electron chi connectivity index (χ4n) is 3.54. The van der Waals surface area contributed by atoms with Crippen molar-refractivity contribution in [3.63, 3.8) is 0 Å². The Morgan fingerprint density at radius 1 is 1.19 bits per heavy atom. The van der Waals surface area contributed by atoms with Gasteiger partial charge in [-0.25, -0.2) is 9.18 Å². The number of halogens is 6. The summed E-state index contributed by atoms with van der Waals surface area (Å²) in [5.74, 6) is -2.93. The van der Waals surface area contributed by atoms with Gasteiger partial charge in [-0.2, -0.15) is 0 Å². The second-order valence-electron chi connectivity index (χ2n) is 6.96. The van der Waals surface area contributed by atoms with Gasteiger partial charge < -0.3 is 19.5 Å². The lowest BCUT2D eigenvalue weighted by Crippen LogP contribution is -2.40.